The molecule has 6 heteroatoms. The van der Waals surface area contributed by atoms with Crippen molar-refractivity contribution in [1.82, 2.24) is 10.6 Å². The fourth-order valence-corrected chi connectivity index (χ4v) is 2.96. The van der Waals surface area contributed by atoms with Crippen molar-refractivity contribution in [3.05, 3.63) is 23.2 Å². The third-order valence-corrected chi connectivity index (χ3v) is 4.39. The minimum Gasteiger partial charge on any atom is -0.495 e. The van der Waals surface area contributed by atoms with Crippen LogP contribution in [0.2, 0.25) is 5.02 Å². The molecule has 3 rings (SSSR count). The fraction of sp³-hybridized carbons (Fsp3) is 0.562. The first-order valence-electron chi connectivity index (χ1n) is 7.78. The lowest BCUT2D eigenvalue weighted by Gasteiger charge is -2.22. The highest BCUT2D eigenvalue weighted by Crippen LogP contribution is 2.33. The zero-order valence-electron chi connectivity index (χ0n) is 13.1. The Labute approximate surface area is 136 Å². The minimum absolute atomic E-state index is 0.383. The molecule has 2 N–H and O–H groups in total. The van der Waals surface area contributed by atoms with Crippen molar-refractivity contribution in [1.29, 1.82) is 0 Å². The van der Waals surface area contributed by atoms with Gasteiger partial charge >= 0.3 is 0 Å². The van der Waals surface area contributed by atoms with Crippen molar-refractivity contribution in [2.45, 2.75) is 31.3 Å². The summed E-state index contributed by atoms with van der Waals surface area (Å²) < 4.78 is 5.45. The first-order valence-corrected chi connectivity index (χ1v) is 8.15. The van der Waals surface area contributed by atoms with Gasteiger partial charge in [-0.3, -0.25) is 4.99 Å². The number of halogens is 1. The number of aliphatic imine (C=N–C) groups is 1. The van der Waals surface area contributed by atoms with Crippen molar-refractivity contribution in [3.63, 3.8) is 0 Å². The van der Waals surface area contributed by atoms with E-state index in [1.807, 2.05) is 25.2 Å². The summed E-state index contributed by atoms with van der Waals surface area (Å²) in [6.45, 7) is 1.90. The predicted molar refractivity (Wildman–Crippen MR) is 91.3 cm³/mol. The second kappa shape index (κ2) is 6.65. The number of anilines is 1. The van der Waals surface area contributed by atoms with E-state index in [0.717, 1.165) is 41.9 Å². The number of benzene rings is 1. The molecule has 2 fully saturated rings. The van der Waals surface area contributed by atoms with E-state index in [9.17, 15) is 0 Å². The van der Waals surface area contributed by atoms with Crippen LogP contribution in [0.25, 0.3) is 0 Å². The zero-order chi connectivity index (χ0) is 15.5. The highest BCUT2D eigenvalue weighted by Gasteiger charge is 2.27. The van der Waals surface area contributed by atoms with Gasteiger partial charge in [0, 0.05) is 37.2 Å². The minimum atomic E-state index is 0.383. The normalized spacial score (nSPS) is 21.9. The zero-order valence-corrected chi connectivity index (χ0v) is 13.9. The van der Waals surface area contributed by atoms with Gasteiger partial charge in [0.25, 0.3) is 0 Å². The summed E-state index contributed by atoms with van der Waals surface area (Å²) in [5.74, 6) is 1.78. The van der Waals surface area contributed by atoms with E-state index in [2.05, 4.69) is 20.5 Å². The molecule has 0 bridgehead atoms. The van der Waals surface area contributed by atoms with Crippen molar-refractivity contribution in [2.24, 2.45) is 4.99 Å². The largest absolute Gasteiger partial charge is 0.495 e. The molecule has 0 amide bonds. The Morgan fingerprint density at radius 2 is 2.05 bits per heavy atom. The third-order valence-electron chi connectivity index (χ3n) is 4.15. The van der Waals surface area contributed by atoms with Gasteiger partial charge in [-0.2, -0.15) is 0 Å². The number of nitrogens with one attached hydrogen (secondary N) is 2. The van der Waals surface area contributed by atoms with Gasteiger partial charge in [0.1, 0.15) is 5.75 Å². The number of ether oxygens (including phenoxy) is 1. The van der Waals surface area contributed by atoms with Gasteiger partial charge in [-0.1, -0.05) is 11.6 Å². The molecule has 0 spiro atoms. The number of rotatable bonds is 4. The average molecular weight is 323 g/mol. The summed E-state index contributed by atoms with van der Waals surface area (Å²) in [5.41, 5.74) is 1.06. The number of guanidine groups is 1. The van der Waals surface area contributed by atoms with Crippen LogP contribution in [0, 0.1) is 0 Å². The van der Waals surface area contributed by atoms with Crippen LogP contribution in [-0.4, -0.2) is 45.3 Å². The van der Waals surface area contributed by atoms with Crippen molar-refractivity contribution >= 4 is 23.2 Å². The molecule has 120 valence electrons. The molecular formula is C16H23ClN4O. The second-order valence-corrected chi connectivity index (χ2v) is 6.32. The fourth-order valence-electron chi connectivity index (χ4n) is 2.79. The third kappa shape index (κ3) is 3.58. The second-order valence-electron chi connectivity index (χ2n) is 5.88. The van der Waals surface area contributed by atoms with Crippen LogP contribution in [0.4, 0.5) is 5.69 Å². The monoisotopic (exact) mass is 322 g/mol. The summed E-state index contributed by atoms with van der Waals surface area (Å²) in [6.07, 6.45) is 3.56. The van der Waals surface area contributed by atoms with E-state index < -0.39 is 0 Å². The van der Waals surface area contributed by atoms with E-state index in [1.54, 1.807) is 7.11 Å². The van der Waals surface area contributed by atoms with Crippen molar-refractivity contribution in [3.8, 4) is 5.75 Å². The Kier molecular flexibility index (Phi) is 4.62. The van der Waals surface area contributed by atoms with E-state index in [4.69, 9.17) is 16.3 Å². The van der Waals surface area contributed by atoms with Crippen LogP contribution in [0.3, 0.4) is 0 Å². The number of nitrogens with zero attached hydrogens (tertiary/aromatic N) is 2. The summed E-state index contributed by atoms with van der Waals surface area (Å²) in [4.78, 5) is 6.62. The summed E-state index contributed by atoms with van der Waals surface area (Å²) in [5, 5.41) is 7.68. The van der Waals surface area contributed by atoms with Crippen LogP contribution in [-0.2, 0) is 0 Å². The van der Waals surface area contributed by atoms with E-state index in [0.29, 0.717) is 12.1 Å². The standard InChI is InChI=1S/C16H23ClN4O/c1-18-16(19-12-4-5-12)20-13-7-8-21(10-13)14-9-11(17)3-6-15(14)22-2/h3,6,9,12-13H,4-5,7-8,10H2,1-2H3,(H2,18,19,20). The topological polar surface area (TPSA) is 48.9 Å². The van der Waals surface area contributed by atoms with Crippen molar-refractivity contribution in [2.75, 3.05) is 32.1 Å². The Morgan fingerprint density at radius 1 is 1.27 bits per heavy atom. The maximum absolute atomic E-state index is 6.13. The smallest absolute Gasteiger partial charge is 0.191 e. The highest BCUT2D eigenvalue weighted by molar-refractivity contribution is 6.30. The van der Waals surface area contributed by atoms with Gasteiger partial charge in [0.05, 0.1) is 12.8 Å². The summed E-state index contributed by atoms with van der Waals surface area (Å²) in [7, 11) is 3.52. The maximum Gasteiger partial charge on any atom is 0.191 e. The molecule has 1 atom stereocenters. The molecule has 0 radical (unpaired) electrons. The lowest BCUT2D eigenvalue weighted by atomic mass is 10.2. The molecule has 22 heavy (non-hydrogen) atoms. The van der Waals surface area contributed by atoms with Crippen LogP contribution in [0.1, 0.15) is 19.3 Å². The Hall–Kier alpha value is -1.62. The maximum atomic E-state index is 6.13. The molecule has 1 saturated heterocycles. The SMILES string of the molecule is CN=C(NC1CC1)NC1CCN(c2cc(Cl)ccc2OC)C1. The van der Waals surface area contributed by atoms with E-state index >= 15 is 0 Å². The van der Waals surface area contributed by atoms with Crippen LogP contribution >= 0.6 is 11.6 Å². The Bertz CT molecular complexity index is 559. The predicted octanol–water partition coefficient (Wildman–Crippen LogP) is 2.25. The van der Waals surface area contributed by atoms with E-state index in [1.165, 1.54) is 12.8 Å². The molecule has 1 aliphatic heterocycles. The quantitative estimate of drug-likeness (QED) is 0.659. The van der Waals surface area contributed by atoms with Crippen LogP contribution < -0.4 is 20.3 Å². The van der Waals surface area contributed by atoms with Crippen LogP contribution in [0.5, 0.6) is 5.75 Å². The summed E-state index contributed by atoms with van der Waals surface area (Å²) in [6, 6.07) is 6.74. The van der Waals surface area contributed by atoms with Crippen molar-refractivity contribution < 1.29 is 4.74 Å². The van der Waals surface area contributed by atoms with Gasteiger partial charge < -0.3 is 20.3 Å². The molecule has 0 aromatic heterocycles. The summed E-state index contributed by atoms with van der Waals surface area (Å²) >= 11 is 6.13. The van der Waals surface area contributed by atoms with Gasteiger partial charge in [-0.25, -0.2) is 0 Å². The molecular weight excluding hydrogens is 300 g/mol. The van der Waals surface area contributed by atoms with Gasteiger partial charge in [0.15, 0.2) is 5.96 Å². The number of hydrogen-bond acceptors (Lipinski definition) is 3. The van der Waals surface area contributed by atoms with E-state index in [-0.39, 0.29) is 0 Å². The van der Waals surface area contributed by atoms with Gasteiger partial charge in [-0.05, 0) is 37.5 Å². The molecule has 1 unspecified atom stereocenters. The first kappa shape index (κ1) is 15.3. The molecule has 2 aliphatic rings. The average Bonchev–Trinajstić information content (AvgIpc) is 3.22. The molecule has 5 nitrogen and oxygen atoms in total. The molecule has 1 heterocycles. The number of methoxy groups -OCH3 is 1. The first-order chi connectivity index (χ1) is 10.7. The van der Waals surface area contributed by atoms with Gasteiger partial charge in [-0.15, -0.1) is 0 Å². The molecule has 1 saturated carbocycles. The van der Waals surface area contributed by atoms with Gasteiger partial charge in [0.2, 0.25) is 0 Å². The lowest BCUT2D eigenvalue weighted by molar-refractivity contribution is 0.415. The lowest BCUT2D eigenvalue weighted by Crippen LogP contribution is -2.45. The Balaban J connectivity index is 1.63. The Morgan fingerprint density at radius 3 is 2.73 bits per heavy atom. The highest BCUT2D eigenvalue weighted by atomic mass is 35.5. The number of hydrogen-bond donors (Lipinski definition) is 2. The molecule has 1 aromatic rings. The van der Waals surface area contributed by atoms with Crippen LogP contribution in [0.15, 0.2) is 23.2 Å². The molecule has 1 aliphatic carbocycles. The molecule has 1 aromatic carbocycles.